The summed E-state index contributed by atoms with van der Waals surface area (Å²) in [7, 11) is 0. The molecular weight excluding hydrogens is 368 g/mol. The molecular formula is C20H27ClN2O4. The van der Waals surface area contributed by atoms with Crippen molar-refractivity contribution in [2.45, 2.75) is 45.3 Å². The fraction of sp³-hybridized carbons (Fsp3) is 0.600. The molecule has 3 rings (SSSR count). The minimum Gasteiger partial charge on any atom is -0.484 e. The van der Waals surface area contributed by atoms with Crippen molar-refractivity contribution in [1.82, 2.24) is 10.2 Å². The molecule has 6 nitrogen and oxygen atoms in total. The monoisotopic (exact) mass is 394 g/mol. The normalized spacial score (nSPS) is 24.4. The number of rotatable bonds is 4. The van der Waals surface area contributed by atoms with Crippen LogP contribution in [0, 0.1) is 11.8 Å². The summed E-state index contributed by atoms with van der Waals surface area (Å²) in [6, 6.07) is 7.07. The number of likely N-dealkylation sites (tertiary alicyclic amines) is 1. The molecule has 1 saturated heterocycles. The lowest BCUT2D eigenvalue weighted by atomic mass is 10.0. The molecule has 1 aliphatic carbocycles. The molecule has 3 atom stereocenters. The van der Waals surface area contributed by atoms with Crippen molar-refractivity contribution < 1.29 is 19.1 Å². The summed E-state index contributed by atoms with van der Waals surface area (Å²) >= 11 is 5.83. The van der Waals surface area contributed by atoms with Crippen LogP contribution in [0.5, 0.6) is 5.75 Å². The van der Waals surface area contributed by atoms with E-state index in [1.807, 2.05) is 20.8 Å². The van der Waals surface area contributed by atoms with E-state index >= 15 is 0 Å². The first-order valence-corrected chi connectivity index (χ1v) is 9.73. The number of fused-ring (bicyclic) bond motifs is 1. The number of ether oxygens (including phenoxy) is 2. The Balaban J connectivity index is 1.40. The second-order valence-electron chi connectivity index (χ2n) is 8.38. The highest BCUT2D eigenvalue weighted by Crippen LogP contribution is 2.38. The van der Waals surface area contributed by atoms with E-state index in [9.17, 15) is 9.59 Å². The van der Waals surface area contributed by atoms with E-state index in [1.54, 1.807) is 29.2 Å². The molecule has 2 amide bonds. The number of carbonyl (C=O) groups excluding carboxylic acids is 2. The third kappa shape index (κ3) is 5.51. The topological polar surface area (TPSA) is 67.9 Å². The summed E-state index contributed by atoms with van der Waals surface area (Å²) in [6.45, 7) is 7.01. The number of nitrogens with one attached hydrogen (secondary N) is 1. The van der Waals surface area contributed by atoms with E-state index in [0.29, 0.717) is 35.7 Å². The molecule has 0 spiro atoms. The largest absolute Gasteiger partial charge is 0.484 e. The van der Waals surface area contributed by atoms with E-state index in [-0.39, 0.29) is 24.6 Å². The van der Waals surface area contributed by atoms with Crippen LogP contribution < -0.4 is 10.1 Å². The summed E-state index contributed by atoms with van der Waals surface area (Å²) < 4.78 is 10.9. The fourth-order valence-electron chi connectivity index (χ4n) is 3.84. The first-order chi connectivity index (χ1) is 12.7. The van der Waals surface area contributed by atoms with E-state index in [1.165, 1.54) is 0 Å². The average molecular weight is 395 g/mol. The van der Waals surface area contributed by atoms with Crippen LogP contribution in [0.3, 0.4) is 0 Å². The number of hydrogen-bond acceptors (Lipinski definition) is 4. The summed E-state index contributed by atoms with van der Waals surface area (Å²) in [5.74, 6) is 1.32. The molecule has 0 radical (unpaired) electrons. The van der Waals surface area contributed by atoms with E-state index in [4.69, 9.17) is 21.1 Å². The Hall–Kier alpha value is -1.95. The Labute approximate surface area is 165 Å². The summed E-state index contributed by atoms with van der Waals surface area (Å²) in [5.41, 5.74) is -0.477. The summed E-state index contributed by atoms with van der Waals surface area (Å²) in [5, 5.41) is 3.68. The van der Waals surface area contributed by atoms with Crippen LogP contribution in [0.1, 0.15) is 33.6 Å². The van der Waals surface area contributed by atoms with Crippen molar-refractivity contribution in [2.24, 2.45) is 11.8 Å². The zero-order valence-corrected chi connectivity index (χ0v) is 16.8. The van der Waals surface area contributed by atoms with Gasteiger partial charge in [0.05, 0.1) is 0 Å². The third-order valence-electron chi connectivity index (χ3n) is 4.95. The summed E-state index contributed by atoms with van der Waals surface area (Å²) in [4.78, 5) is 26.1. The molecule has 1 unspecified atom stereocenters. The maximum atomic E-state index is 12.2. The van der Waals surface area contributed by atoms with Gasteiger partial charge in [-0.05, 0) is 69.7 Å². The van der Waals surface area contributed by atoms with Gasteiger partial charge in [-0.15, -0.1) is 0 Å². The van der Waals surface area contributed by atoms with Crippen LogP contribution in [0.15, 0.2) is 24.3 Å². The summed E-state index contributed by atoms with van der Waals surface area (Å²) in [6.07, 6.45) is 1.53. The average Bonchev–Trinajstić information content (AvgIpc) is 3.11. The van der Waals surface area contributed by atoms with Gasteiger partial charge in [0.15, 0.2) is 6.61 Å². The maximum absolute atomic E-state index is 12.2. The molecule has 0 aromatic heterocycles. The van der Waals surface area contributed by atoms with Gasteiger partial charge in [0.25, 0.3) is 5.91 Å². The molecule has 1 heterocycles. The van der Waals surface area contributed by atoms with Gasteiger partial charge in [0, 0.05) is 24.2 Å². The predicted octanol–water partition coefficient (Wildman–Crippen LogP) is 3.48. The first-order valence-electron chi connectivity index (χ1n) is 9.35. The molecule has 7 heteroatoms. The number of benzene rings is 1. The van der Waals surface area contributed by atoms with Crippen LogP contribution in [0.2, 0.25) is 5.02 Å². The highest BCUT2D eigenvalue weighted by atomic mass is 35.5. The second-order valence-corrected chi connectivity index (χ2v) is 8.82. The quantitative estimate of drug-likeness (QED) is 0.848. The SMILES string of the molecule is CC(C)(C)OC(=O)N1C[C@H]2CC(NC(=O)COc3ccc(Cl)cc3)C[C@H]2C1. The molecule has 1 aliphatic heterocycles. The smallest absolute Gasteiger partial charge is 0.410 e. The minimum atomic E-state index is -0.477. The highest BCUT2D eigenvalue weighted by Gasteiger charge is 2.43. The molecule has 27 heavy (non-hydrogen) atoms. The Morgan fingerprint density at radius 1 is 1.15 bits per heavy atom. The van der Waals surface area contributed by atoms with Crippen LogP contribution >= 0.6 is 11.6 Å². The number of amides is 2. The Kier molecular flexibility index (Phi) is 5.84. The molecule has 1 aromatic carbocycles. The fourth-order valence-corrected chi connectivity index (χ4v) is 3.97. The molecule has 1 saturated carbocycles. The first kappa shape index (κ1) is 19.8. The van der Waals surface area contributed by atoms with Gasteiger partial charge in [-0.3, -0.25) is 4.79 Å². The van der Waals surface area contributed by atoms with Gasteiger partial charge < -0.3 is 19.7 Å². The Morgan fingerprint density at radius 3 is 2.30 bits per heavy atom. The van der Waals surface area contributed by atoms with E-state index in [2.05, 4.69) is 5.32 Å². The number of halogens is 1. The van der Waals surface area contributed by atoms with Gasteiger partial charge in [0.2, 0.25) is 0 Å². The lowest BCUT2D eigenvalue weighted by Gasteiger charge is -2.25. The van der Waals surface area contributed by atoms with Crippen molar-refractivity contribution in [3.8, 4) is 5.75 Å². The molecule has 1 aromatic rings. The standard InChI is InChI=1S/C20H27ClN2O4/c1-20(2,3)27-19(25)23-10-13-8-16(9-14(13)11-23)22-18(24)12-26-17-6-4-15(21)5-7-17/h4-7,13-14,16H,8-12H2,1-3H3,(H,22,24)/t13-,14+,16?. The van der Waals surface area contributed by atoms with Crippen molar-refractivity contribution in [3.63, 3.8) is 0 Å². The van der Waals surface area contributed by atoms with E-state index in [0.717, 1.165) is 12.8 Å². The van der Waals surface area contributed by atoms with Crippen molar-refractivity contribution >= 4 is 23.6 Å². The molecule has 0 bridgehead atoms. The lowest BCUT2D eigenvalue weighted by molar-refractivity contribution is -0.123. The van der Waals surface area contributed by atoms with Crippen LogP contribution in [-0.4, -0.2) is 48.2 Å². The predicted molar refractivity (Wildman–Crippen MR) is 103 cm³/mol. The molecule has 2 fully saturated rings. The van der Waals surface area contributed by atoms with Gasteiger partial charge >= 0.3 is 6.09 Å². The van der Waals surface area contributed by atoms with Crippen LogP contribution in [0.25, 0.3) is 0 Å². The Morgan fingerprint density at radius 2 is 1.74 bits per heavy atom. The number of carbonyl (C=O) groups is 2. The van der Waals surface area contributed by atoms with Gasteiger partial charge in [-0.2, -0.15) is 0 Å². The Bertz CT molecular complexity index is 672. The van der Waals surface area contributed by atoms with Gasteiger partial charge in [-0.25, -0.2) is 4.79 Å². The van der Waals surface area contributed by atoms with Gasteiger partial charge in [0.1, 0.15) is 11.4 Å². The van der Waals surface area contributed by atoms with Crippen LogP contribution in [-0.2, 0) is 9.53 Å². The van der Waals surface area contributed by atoms with Crippen molar-refractivity contribution in [3.05, 3.63) is 29.3 Å². The molecule has 2 aliphatic rings. The van der Waals surface area contributed by atoms with E-state index < -0.39 is 5.60 Å². The van der Waals surface area contributed by atoms with Crippen molar-refractivity contribution in [1.29, 1.82) is 0 Å². The zero-order chi connectivity index (χ0) is 19.6. The van der Waals surface area contributed by atoms with Gasteiger partial charge in [-0.1, -0.05) is 11.6 Å². The van der Waals surface area contributed by atoms with Crippen molar-refractivity contribution in [2.75, 3.05) is 19.7 Å². The van der Waals surface area contributed by atoms with Crippen LogP contribution in [0.4, 0.5) is 4.79 Å². The minimum absolute atomic E-state index is 0.0164. The maximum Gasteiger partial charge on any atom is 0.410 e. The molecule has 148 valence electrons. The molecule has 1 N–H and O–H groups in total. The zero-order valence-electron chi connectivity index (χ0n) is 16.0. The number of nitrogens with zero attached hydrogens (tertiary/aromatic N) is 1. The number of hydrogen-bond donors (Lipinski definition) is 1. The highest BCUT2D eigenvalue weighted by molar-refractivity contribution is 6.30. The lowest BCUT2D eigenvalue weighted by Crippen LogP contribution is -2.39. The third-order valence-corrected chi connectivity index (χ3v) is 5.20. The second kappa shape index (κ2) is 7.97.